The van der Waals surface area contributed by atoms with E-state index in [9.17, 15) is 4.79 Å². The van der Waals surface area contributed by atoms with E-state index < -0.39 is 0 Å². The number of aryl methyl sites for hydroxylation is 2. The Morgan fingerprint density at radius 2 is 2.22 bits per heavy atom. The molecule has 0 bridgehead atoms. The van der Waals surface area contributed by atoms with Crippen LogP contribution in [-0.4, -0.2) is 34.0 Å². The second-order valence-corrected chi connectivity index (χ2v) is 5.90. The van der Waals surface area contributed by atoms with Gasteiger partial charge in [-0.1, -0.05) is 18.2 Å². The Morgan fingerprint density at radius 1 is 1.39 bits per heavy atom. The van der Waals surface area contributed by atoms with Crippen molar-refractivity contribution in [1.29, 1.82) is 0 Å². The minimum absolute atomic E-state index is 0.127. The van der Waals surface area contributed by atoms with Crippen molar-refractivity contribution < 1.29 is 9.53 Å². The molecule has 1 aliphatic rings. The highest BCUT2D eigenvalue weighted by Gasteiger charge is 2.31. The maximum atomic E-state index is 12.7. The fraction of sp³-hybridized carbons (Fsp3) is 0.444. The van der Waals surface area contributed by atoms with Crippen LogP contribution in [0.15, 0.2) is 36.7 Å². The number of carbonyl (C=O) groups is 1. The number of rotatable bonds is 5. The zero-order valence-electron chi connectivity index (χ0n) is 13.7. The molecular weight excluding hydrogens is 290 g/mol. The molecule has 2 aromatic rings. The first-order valence-electron chi connectivity index (χ1n) is 8.11. The largest absolute Gasteiger partial charge is 0.496 e. The molecule has 122 valence electrons. The van der Waals surface area contributed by atoms with Crippen molar-refractivity contribution in [3.63, 3.8) is 0 Å². The van der Waals surface area contributed by atoms with Crippen molar-refractivity contribution in [2.45, 2.75) is 38.8 Å². The molecule has 2 heterocycles. The Kier molecular flexibility index (Phi) is 4.65. The molecule has 23 heavy (non-hydrogen) atoms. The third-order valence-electron chi connectivity index (χ3n) is 4.56. The molecule has 0 unspecified atom stereocenters. The van der Waals surface area contributed by atoms with Gasteiger partial charge in [0, 0.05) is 37.5 Å². The Hall–Kier alpha value is -2.30. The predicted molar refractivity (Wildman–Crippen MR) is 88.3 cm³/mol. The smallest absolute Gasteiger partial charge is 0.224 e. The van der Waals surface area contributed by atoms with E-state index in [1.54, 1.807) is 13.3 Å². The third kappa shape index (κ3) is 3.23. The lowest BCUT2D eigenvalue weighted by Crippen LogP contribution is -2.31. The first-order valence-corrected chi connectivity index (χ1v) is 8.11. The van der Waals surface area contributed by atoms with Crippen molar-refractivity contribution in [3.8, 4) is 5.75 Å². The van der Waals surface area contributed by atoms with Gasteiger partial charge < -0.3 is 14.2 Å². The number of benzene rings is 1. The zero-order valence-corrected chi connectivity index (χ0v) is 13.7. The van der Waals surface area contributed by atoms with Crippen LogP contribution in [0.4, 0.5) is 0 Å². The number of amides is 1. The molecule has 0 saturated carbocycles. The van der Waals surface area contributed by atoms with Crippen LogP contribution in [-0.2, 0) is 11.3 Å². The number of ether oxygens (including phenoxy) is 1. The molecule has 1 aromatic carbocycles. The van der Waals surface area contributed by atoms with E-state index >= 15 is 0 Å². The van der Waals surface area contributed by atoms with Crippen molar-refractivity contribution >= 4 is 5.91 Å². The quantitative estimate of drug-likeness (QED) is 0.852. The number of imidazole rings is 1. The van der Waals surface area contributed by atoms with E-state index in [0.717, 1.165) is 36.5 Å². The van der Waals surface area contributed by atoms with Crippen LogP contribution in [0.25, 0.3) is 0 Å². The molecule has 1 atom stereocenters. The van der Waals surface area contributed by atoms with Gasteiger partial charge in [-0.2, -0.15) is 0 Å². The molecule has 5 heteroatoms. The van der Waals surface area contributed by atoms with E-state index in [1.165, 1.54) is 0 Å². The van der Waals surface area contributed by atoms with Crippen LogP contribution < -0.4 is 4.74 Å². The number of nitrogens with zero attached hydrogens (tertiary/aromatic N) is 3. The fourth-order valence-corrected chi connectivity index (χ4v) is 3.33. The molecule has 0 aliphatic carbocycles. The van der Waals surface area contributed by atoms with Gasteiger partial charge in [-0.15, -0.1) is 0 Å². The van der Waals surface area contributed by atoms with Gasteiger partial charge in [0.25, 0.3) is 0 Å². The Balaban J connectivity index is 1.71. The monoisotopic (exact) mass is 313 g/mol. The van der Waals surface area contributed by atoms with E-state index in [0.29, 0.717) is 13.0 Å². The summed E-state index contributed by atoms with van der Waals surface area (Å²) in [4.78, 5) is 18.9. The summed E-state index contributed by atoms with van der Waals surface area (Å²) < 4.78 is 7.49. The van der Waals surface area contributed by atoms with Crippen LogP contribution in [0.5, 0.6) is 5.75 Å². The Bertz CT molecular complexity index is 680. The number of carbonyl (C=O) groups excluding carboxylic acids is 1. The molecule has 1 fully saturated rings. The van der Waals surface area contributed by atoms with Crippen molar-refractivity contribution in [2.24, 2.45) is 0 Å². The molecule has 0 N–H and O–H groups in total. The molecule has 1 amide bonds. The molecule has 1 aliphatic heterocycles. The lowest BCUT2D eigenvalue weighted by molar-refractivity contribution is -0.132. The Labute approximate surface area is 136 Å². The van der Waals surface area contributed by atoms with E-state index in [2.05, 4.69) is 11.1 Å². The number of hydrogen-bond donors (Lipinski definition) is 0. The second-order valence-electron chi connectivity index (χ2n) is 5.90. The van der Waals surface area contributed by atoms with Gasteiger partial charge in [-0.05, 0) is 25.8 Å². The van der Waals surface area contributed by atoms with Gasteiger partial charge >= 0.3 is 0 Å². The van der Waals surface area contributed by atoms with Crippen molar-refractivity contribution in [2.75, 3.05) is 13.7 Å². The SMILES string of the molecule is COc1ccccc1[C@H]1CCCN1C(=O)CCn1ccnc1C. The van der Waals surface area contributed by atoms with Crippen LogP contribution in [0.3, 0.4) is 0 Å². The molecule has 1 saturated heterocycles. The maximum absolute atomic E-state index is 12.7. The molecule has 0 radical (unpaired) electrons. The minimum atomic E-state index is 0.127. The highest BCUT2D eigenvalue weighted by atomic mass is 16.5. The first-order chi connectivity index (χ1) is 11.2. The normalized spacial score (nSPS) is 17.5. The predicted octanol–water partition coefficient (Wildman–Crippen LogP) is 2.95. The van der Waals surface area contributed by atoms with Crippen molar-refractivity contribution in [1.82, 2.24) is 14.5 Å². The lowest BCUT2D eigenvalue weighted by atomic mass is 10.0. The molecule has 0 spiro atoms. The highest BCUT2D eigenvalue weighted by Crippen LogP contribution is 2.37. The summed E-state index contributed by atoms with van der Waals surface area (Å²) in [6.45, 7) is 3.46. The van der Waals surface area contributed by atoms with Gasteiger partial charge in [0.1, 0.15) is 11.6 Å². The van der Waals surface area contributed by atoms with Gasteiger partial charge in [-0.25, -0.2) is 4.98 Å². The van der Waals surface area contributed by atoms with Crippen LogP contribution in [0.2, 0.25) is 0 Å². The first kappa shape index (κ1) is 15.6. The molecule has 5 nitrogen and oxygen atoms in total. The number of methoxy groups -OCH3 is 1. The summed E-state index contributed by atoms with van der Waals surface area (Å²) in [7, 11) is 1.68. The molecule has 3 rings (SSSR count). The van der Waals surface area contributed by atoms with E-state index in [4.69, 9.17) is 4.74 Å². The summed E-state index contributed by atoms with van der Waals surface area (Å²) in [5, 5.41) is 0. The fourth-order valence-electron chi connectivity index (χ4n) is 3.33. The lowest BCUT2D eigenvalue weighted by Gasteiger charge is -2.26. The molecular formula is C18H23N3O2. The minimum Gasteiger partial charge on any atom is -0.496 e. The third-order valence-corrected chi connectivity index (χ3v) is 4.56. The van der Waals surface area contributed by atoms with Crippen molar-refractivity contribution in [3.05, 3.63) is 48.0 Å². The number of aromatic nitrogens is 2. The summed E-state index contributed by atoms with van der Waals surface area (Å²) in [6, 6.07) is 8.13. The number of likely N-dealkylation sites (tertiary alicyclic amines) is 1. The number of para-hydroxylation sites is 1. The summed E-state index contributed by atoms with van der Waals surface area (Å²) in [5.74, 6) is 2.01. The summed E-state index contributed by atoms with van der Waals surface area (Å²) in [6.07, 6.45) is 6.23. The van der Waals surface area contributed by atoms with Gasteiger partial charge in [0.05, 0.1) is 13.2 Å². The standard InChI is InChI=1S/C18H23N3O2/c1-14-19-10-13-20(14)12-9-18(22)21-11-5-7-16(21)15-6-3-4-8-17(15)23-2/h3-4,6,8,10,13,16H,5,7,9,11-12H2,1-2H3/t16-/m1/s1. The van der Waals surface area contributed by atoms with Crippen LogP contribution in [0, 0.1) is 6.92 Å². The van der Waals surface area contributed by atoms with Gasteiger partial charge in [0.15, 0.2) is 0 Å². The summed E-state index contributed by atoms with van der Waals surface area (Å²) >= 11 is 0. The van der Waals surface area contributed by atoms with Gasteiger partial charge in [-0.3, -0.25) is 4.79 Å². The number of hydrogen-bond acceptors (Lipinski definition) is 3. The van der Waals surface area contributed by atoms with E-state index in [-0.39, 0.29) is 11.9 Å². The molecule has 1 aromatic heterocycles. The van der Waals surface area contributed by atoms with Gasteiger partial charge in [0.2, 0.25) is 5.91 Å². The average molecular weight is 313 g/mol. The maximum Gasteiger partial charge on any atom is 0.224 e. The second kappa shape index (κ2) is 6.86. The average Bonchev–Trinajstić information content (AvgIpc) is 3.21. The Morgan fingerprint density at radius 3 is 2.96 bits per heavy atom. The zero-order chi connectivity index (χ0) is 16.2. The highest BCUT2D eigenvalue weighted by molar-refractivity contribution is 5.77. The summed E-state index contributed by atoms with van der Waals surface area (Å²) in [5.41, 5.74) is 1.11. The van der Waals surface area contributed by atoms with Crippen LogP contribution >= 0.6 is 0 Å². The van der Waals surface area contributed by atoms with Crippen LogP contribution in [0.1, 0.15) is 36.7 Å². The topological polar surface area (TPSA) is 47.4 Å². The van der Waals surface area contributed by atoms with E-state index in [1.807, 2.05) is 40.8 Å².